The fourth-order valence-electron chi connectivity index (χ4n) is 4.46. The lowest BCUT2D eigenvalue weighted by Crippen LogP contribution is -2.28. The molecule has 1 aromatic rings. The molecule has 28 heavy (non-hydrogen) atoms. The van der Waals surface area contributed by atoms with Crippen molar-refractivity contribution in [2.45, 2.75) is 62.0 Å². The van der Waals surface area contributed by atoms with Gasteiger partial charge in [-0.3, -0.25) is 10.0 Å². The molecule has 0 saturated carbocycles. The predicted octanol–water partition coefficient (Wildman–Crippen LogP) is 5.10. The molecule has 3 rings (SSSR count). The molecule has 6 heteroatoms. The van der Waals surface area contributed by atoms with E-state index in [1.54, 1.807) is 0 Å². The molecule has 1 N–H and O–H groups in total. The first-order valence-electron chi connectivity index (χ1n) is 10.5. The van der Waals surface area contributed by atoms with Crippen molar-refractivity contribution in [3.05, 3.63) is 30.3 Å². The van der Waals surface area contributed by atoms with E-state index >= 15 is 0 Å². The number of hydrogen-bond donors (Lipinski definition) is 1. The fourth-order valence-corrected chi connectivity index (χ4v) is 6.49. The summed E-state index contributed by atoms with van der Waals surface area (Å²) in [7, 11) is 1.39. The van der Waals surface area contributed by atoms with Crippen LogP contribution in [0.4, 0.5) is 0 Å². The molecule has 0 radical (unpaired) electrons. The maximum Gasteiger partial charge on any atom is 0.245 e. The molecule has 2 aliphatic heterocycles. The first-order valence-corrected chi connectivity index (χ1v) is 12.7. The molecule has 0 unspecified atom stereocenters. The summed E-state index contributed by atoms with van der Waals surface area (Å²) in [6, 6.07) is 10.7. The number of rotatable bonds is 12. The Hall–Kier alpha value is -0.690. The van der Waals surface area contributed by atoms with E-state index in [1.807, 2.05) is 23.5 Å². The van der Waals surface area contributed by atoms with Crippen molar-refractivity contribution in [2.24, 2.45) is 11.8 Å². The van der Waals surface area contributed by atoms with E-state index in [4.69, 9.17) is 9.94 Å². The van der Waals surface area contributed by atoms with E-state index in [1.165, 1.54) is 49.1 Å². The Balaban J connectivity index is 1.31. The third kappa shape index (κ3) is 6.41. The van der Waals surface area contributed by atoms with Gasteiger partial charge in [-0.05, 0) is 79.8 Å². The van der Waals surface area contributed by atoms with Gasteiger partial charge in [-0.15, -0.1) is 11.8 Å². The van der Waals surface area contributed by atoms with Gasteiger partial charge >= 0.3 is 0 Å². The standard InChI is InChI=1S/C22H33NO3S2/c1-23(25)22(24)9-5-6-14-27-15-12-18-19(21-11-10-20(18)26-21)13-16-28-17-7-3-2-4-8-17/h2-4,7-8,18-21,25H,5-6,9-16H2,1H3/t18-,19+,20-,21+/m1/s1. The molecule has 2 bridgehead atoms. The van der Waals surface area contributed by atoms with Crippen LogP contribution >= 0.6 is 23.5 Å². The minimum Gasteiger partial charge on any atom is -0.374 e. The summed E-state index contributed by atoms with van der Waals surface area (Å²) in [4.78, 5) is 12.7. The molecule has 2 heterocycles. The zero-order valence-corrected chi connectivity index (χ0v) is 18.4. The Morgan fingerprint density at radius 2 is 1.75 bits per heavy atom. The number of thioether (sulfide) groups is 2. The predicted molar refractivity (Wildman–Crippen MR) is 117 cm³/mol. The van der Waals surface area contributed by atoms with Gasteiger partial charge in [0.15, 0.2) is 0 Å². The highest BCUT2D eigenvalue weighted by Crippen LogP contribution is 2.47. The Morgan fingerprint density at radius 3 is 2.43 bits per heavy atom. The number of hydroxylamine groups is 2. The zero-order valence-electron chi connectivity index (χ0n) is 16.8. The van der Waals surface area contributed by atoms with Gasteiger partial charge in [0.1, 0.15) is 0 Å². The van der Waals surface area contributed by atoms with Crippen LogP contribution in [0.2, 0.25) is 0 Å². The number of unbranched alkanes of at least 4 members (excludes halogenated alkanes) is 1. The van der Waals surface area contributed by atoms with E-state index in [0.717, 1.165) is 30.4 Å². The molecule has 2 aliphatic rings. The lowest BCUT2D eigenvalue weighted by molar-refractivity contribution is -0.159. The van der Waals surface area contributed by atoms with Crippen molar-refractivity contribution in [1.82, 2.24) is 5.06 Å². The zero-order chi connectivity index (χ0) is 19.8. The lowest BCUT2D eigenvalue weighted by Gasteiger charge is -2.28. The van der Waals surface area contributed by atoms with Crippen molar-refractivity contribution in [3.8, 4) is 0 Å². The summed E-state index contributed by atoms with van der Waals surface area (Å²) < 4.78 is 6.26. The van der Waals surface area contributed by atoms with Gasteiger partial charge in [0, 0.05) is 18.4 Å². The Kier molecular flexibility index (Phi) is 9.03. The molecule has 156 valence electrons. The van der Waals surface area contributed by atoms with Gasteiger partial charge in [0.25, 0.3) is 0 Å². The molecule has 1 aromatic carbocycles. The van der Waals surface area contributed by atoms with Crippen LogP contribution in [0.5, 0.6) is 0 Å². The molecular formula is C22H33NO3S2. The van der Waals surface area contributed by atoms with Crippen LogP contribution in [-0.2, 0) is 9.53 Å². The third-order valence-corrected chi connectivity index (χ3v) is 8.09. The normalized spacial score (nSPS) is 25.9. The van der Waals surface area contributed by atoms with E-state index in [2.05, 4.69) is 30.3 Å². The molecule has 0 spiro atoms. The highest BCUT2D eigenvalue weighted by atomic mass is 32.2. The van der Waals surface area contributed by atoms with E-state index in [-0.39, 0.29) is 5.91 Å². The smallest absolute Gasteiger partial charge is 0.245 e. The van der Waals surface area contributed by atoms with Gasteiger partial charge < -0.3 is 4.74 Å². The van der Waals surface area contributed by atoms with Crippen molar-refractivity contribution in [1.29, 1.82) is 0 Å². The highest BCUT2D eigenvalue weighted by molar-refractivity contribution is 7.99. The molecule has 1 amide bonds. The number of carbonyl (C=O) groups is 1. The number of carbonyl (C=O) groups excluding carboxylic acids is 1. The first-order chi connectivity index (χ1) is 13.6. The van der Waals surface area contributed by atoms with E-state index in [0.29, 0.717) is 23.7 Å². The number of nitrogens with zero attached hydrogens (tertiary/aromatic N) is 1. The largest absolute Gasteiger partial charge is 0.374 e. The Morgan fingerprint density at radius 1 is 1.07 bits per heavy atom. The van der Waals surface area contributed by atoms with Gasteiger partial charge in [-0.25, -0.2) is 5.06 Å². The second-order valence-corrected chi connectivity index (χ2v) is 10.2. The van der Waals surface area contributed by atoms with Crippen LogP contribution in [0.25, 0.3) is 0 Å². The molecule has 4 atom stereocenters. The second kappa shape index (κ2) is 11.5. The average Bonchev–Trinajstić information content (AvgIpc) is 3.30. The second-order valence-electron chi connectivity index (χ2n) is 7.84. The lowest BCUT2D eigenvalue weighted by atomic mass is 9.76. The van der Waals surface area contributed by atoms with Crippen LogP contribution < -0.4 is 0 Å². The minimum absolute atomic E-state index is 0.194. The average molecular weight is 424 g/mol. The molecule has 0 aromatic heterocycles. The molecule has 2 fully saturated rings. The third-order valence-electron chi connectivity index (χ3n) is 5.94. The van der Waals surface area contributed by atoms with Crippen molar-refractivity contribution in [3.63, 3.8) is 0 Å². The molecule has 2 saturated heterocycles. The topological polar surface area (TPSA) is 49.8 Å². The van der Waals surface area contributed by atoms with Crippen molar-refractivity contribution >= 4 is 29.4 Å². The number of fused-ring (bicyclic) bond motifs is 2. The van der Waals surface area contributed by atoms with Crippen molar-refractivity contribution < 1.29 is 14.7 Å². The monoisotopic (exact) mass is 423 g/mol. The Bertz CT molecular complexity index is 599. The number of hydrogen-bond acceptors (Lipinski definition) is 5. The van der Waals surface area contributed by atoms with Crippen LogP contribution in [0.3, 0.4) is 0 Å². The van der Waals surface area contributed by atoms with Crippen molar-refractivity contribution in [2.75, 3.05) is 24.3 Å². The van der Waals surface area contributed by atoms with Gasteiger partial charge in [-0.2, -0.15) is 11.8 Å². The summed E-state index contributed by atoms with van der Waals surface area (Å²) in [5, 5.41) is 9.74. The number of benzene rings is 1. The Labute approximate surface area is 177 Å². The first kappa shape index (κ1) is 22.0. The van der Waals surface area contributed by atoms with Gasteiger partial charge in [-0.1, -0.05) is 18.2 Å². The summed E-state index contributed by atoms with van der Waals surface area (Å²) in [5.74, 6) is 4.73. The maximum atomic E-state index is 11.3. The molecular weight excluding hydrogens is 390 g/mol. The molecule has 0 aliphatic carbocycles. The molecule has 4 nitrogen and oxygen atoms in total. The van der Waals surface area contributed by atoms with Crippen LogP contribution in [0.1, 0.15) is 44.9 Å². The van der Waals surface area contributed by atoms with E-state index < -0.39 is 0 Å². The van der Waals surface area contributed by atoms with Crippen LogP contribution in [0.15, 0.2) is 35.2 Å². The summed E-state index contributed by atoms with van der Waals surface area (Å²) >= 11 is 3.97. The van der Waals surface area contributed by atoms with E-state index in [9.17, 15) is 4.79 Å². The van der Waals surface area contributed by atoms with Crippen LogP contribution in [-0.4, -0.2) is 52.7 Å². The van der Waals surface area contributed by atoms with Gasteiger partial charge in [0.2, 0.25) is 5.91 Å². The quantitative estimate of drug-likeness (QED) is 0.219. The SMILES string of the molecule is CN(O)C(=O)CCCCSCC[C@@H]1[C@H](CCSc2ccccc2)[C@@H]2CC[C@H]1O2. The van der Waals surface area contributed by atoms with Crippen LogP contribution in [0, 0.1) is 11.8 Å². The van der Waals surface area contributed by atoms with Gasteiger partial charge in [0.05, 0.1) is 12.2 Å². The summed E-state index contributed by atoms with van der Waals surface area (Å²) in [6.07, 6.45) is 8.34. The minimum atomic E-state index is -0.194. The summed E-state index contributed by atoms with van der Waals surface area (Å²) in [5.41, 5.74) is 0. The number of ether oxygens (including phenoxy) is 1. The highest BCUT2D eigenvalue weighted by Gasteiger charge is 2.47. The maximum absolute atomic E-state index is 11.3. The fraction of sp³-hybridized carbons (Fsp3) is 0.682. The summed E-state index contributed by atoms with van der Waals surface area (Å²) in [6.45, 7) is 0. The number of amides is 1.